The lowest BCUT2D eigenvalue weighted by molar-refractivity contribution is -0.123. The van der Waals surface area contributed by atoms with E-state index in [1.165, 1.54) is 24.9 Å². The van der Waals surface area contributed by atoms with Crippen molar-refractivity contribution in [3.05, 3.63) is 39.4 Å². The number of hydrogen-bond acceptors (Lipinski definition) is 7. The number of aromatic nitrogens is 2. The first-order chi connectivity index (χ1) is 14.3. The smallest absolute Gasteiger partial charge is 0.252 e. The fourth-order valence-electron chi connectivity index (χ4n) is 2.66. The molecule has 0 fully saturated rings. The van der Waals surface area contributed by atoms with E-state index in [9.17, 15) is 14.4 Å². The standard InChI is InChI=1S/C19H25N5O5S/c1-11(20)18(27)22-7-6-21-17(26)10-24-14(9-16(25)23-19(24)30)13-5-4-12(28-2)8-15(13)29-3/h4-5,8-9,11H,6-7,10,20H2,1-3H3,(H,21,26)(H,22,27)(H,23,25,30). The van der Waals surface area contributed by atoms with Crippen molar-refractivity contribution in [1.29, 1.82) is 0 Å². The summed E-state index contributed by atoms with van der Waals surface area (Å²) in [4.78, 5) is 38.4. The van der Waals surface area contributed by atoms with Crippen molar-refractivity contribution in [3.8, 4) is 22.8 Å². The number of nitrogens with two attached hydrogens (primary N) is 1. The van der Waals surface area contributed by atoms with Crippen molar-refractivity contribution in [3.63, 3.8) is 0 Å². The van der Waals surface area contributed by atoms with Gasteiger partial charge in [-0.05, 0) is 31.3 Å². The second kappa shape index (κ2) is 10.6. The molecule has 11 heteroatoms. The highest BCUT2D eigenvalue weighted by molar-refractivity contribution is 7.71. The van der Waals surface area contributed by atoms with E-state index in [2.05, 4.69) is 15.6 Å². The number of nitrogens with one attached hydrogen (secondary N) is 3. The SMILES string of the molecule is COc1ccc(-c2cc(=O)[nH]c(=S)n2CC(=O)NCCNC(=O)C(C)N)c(OC)c1. The number of aromatic amines is 1. The van der Waals surface area contributed by atoms with E-state index in [0.717, 1.165) is 0 Å². The van der Waals surface area contributed by atoms with Crippen molar-refractivity contribution in [1.82, 2.24) is 20.2 Å². The third-order valence-corrected chi connectivity index (χ3v) is 4.50. The van der Waals surface area contributed by atoms with Gasteiger partial charge in [0.05, 0.1) is 26.0 Å². The summed E-state index contributed by atoms with van der Waals surface area (Å²) in [7, 11) is 3.03. The Hall–Kier alpha value is -3.18. The van der Waals surface area contributed by atoms with E-state index < -0.39 is 11.6 Å². The zero-order chi connectivity index (χ0) is 22.3. The summed E-state index contributed by atoms with van der Waals surface area (Å²) < 4.78 is 12.2. The van der Waals surface area contributed by atoms with Crippen LogP contribution in [0.25, 0.3) is 11.3 Å². The molecule has 1 atom stereocenters. The van der Waals surface area contributed by atoms with E-state index in [-0.39, 0.29) is 36.2 Å². The molecular weight excluding hydrogens is 410 g/mol. The maximum absolute atomic E-state index is 12.4. The highest BCUT2D eigenvalue weighted by atomic mass is 32.1. The predicted molar refractivity (Wildman–Crippen MR) is 114 cm³/mol. The Bertz CT molecular complexity index is 1030. The minimum absolute atomic E-state index is 0.0933. The van der Waals surface area contributed by atoms with Gasteiger partial charge in [-0.1, -0.05) is 0 Å². The van der Waals surface area contributed by atoms with Gasteiger partial charge >= 0.3 is 0 Å². The summed E-state index contributed by atoms with van der Waals surface area (Å²) in [6, 6.07) is 5.83. The molecule has 1 heterocycles. The van der Waals surface area contributed by atoms with E-state index in [1.54, 1.807) is 25.1 Å². The van der Waals surface area contributed by atoms with Crippen molar-refractivity contribution in [2.24, 2.45) is 5.73 Å². The van der Waals surface area contributed by atoms with Gasteiger partial charge in [-0.25, -0.2) is 0 Å². The fourth-order valence-corrected chi connectivity index (χ4v) is 2.92. The molecule has 2 rings (SSSR count). The van der Waals surface area contributed by atoms with Gasteiger partial charge in [-0.2, -0.15) is 0 Å². The maximum Gasteiger partial charge on any atom is 0.252 e. The molecule has 2 amide bonds. The molecule has 0 bridgehead atoms. The van der Waals surface area contributed by atoms with Crippen LogP contribution in [0.15, 0.2) is 29.1 Å². The van der Waals surface area contributed by atoms with Crippen molar-refractivity contribution < 1.29 is 19.1 Å². The Morgan fingerprint density at radius 1 is 1.20 bits per heavy atom. The number of nitrogens with zero attached hydrogens (tertiary/aromatic N) is 1. The number of rotatable bonds is 9. The van der Waals surface area contributed by atoms with Gasteiger partial charge in [-0.15, -0.1) is 0 Å². The molecular formula is C19H25N5O5S. The Morgan fingerprint density at radius 2 is 1.90 bits per heavy atom. The minimum atomic E-state index is -0.623. The van der Waals surface area contributed by atoms with Crippen LogP contribution in [0.4, 0.5) is 0 Å². The fraction of sp³-hybridized carbons (Fsp3) is 0.368. The van der Waals surface area contributed by atoms with Crippen LogP contribution in [0.2, 0.25) is 0 Å². The largest absolute Gasteiger partial charge is 0.497 e. The number of methoxy groups -OCH3 is 2. The van der Waals surface area contributed by atoms with Crippen molar-refractivity contribution >= 4 is 24.0 Å². The Balaban J connectivity index is 2.24. The van der Waals surface area contributed by atoms with E-state index >= 15 is 0 Å². The molecule has 0 saturated carbocycles. The number of hydrogen-bond donors (Lipinski definition) is 4. The van der Waals surface area contributed by atoms with Crippen LogP contribution in [0.3, 0.4) is 0 Å². The molecule has 0 aliphatic rings. The molecule has 30 heavy (non-hydrogen) atoms. The summed E-state index contributed by atoms with van der Waals surface area (Å²) >= 11 is 5.26. The highest BCUT2D eigenvalue weighted by Gasteiger charge is 2.15. The predicted octanol–water partition coefficient (Wildman–Crippen LogP) is 0.170. The average Bonchev–Trinajstić information content (AvgIpc) is 2.72. The van der Waals surface area contributed by atoms with Gasteiger partial charge < -0.3 is 30.4 Å². The van der Waals surface area contributed by atoms with Crippen LogP contribution in [0, 0.1) is 4.77 Å². The Morgan fingerprint density at radius 3 is 2.53 bits per heavy atom. The summed E-state index contributed by atoms with van der Waals surface area (Å²) in [6.07, 6.45) is 0. The molecule has 0 aliphatic heterocycles. The normalized spacial score (nSPS) is 11.5. The van der Waals surface area contributed by atoms with Gasteiger partial charge in [0.2, 0.25) is 11.8 Å². The van der Waals surface area contributed by atoms with E-state index in [0.29, 0.717) is 22.8 Å². The third kappa shape index (κ3) is 5.91. The number of amides is 2. The summed E-state index contributed by atoms with van der Waals surface area (Å²) in [5.74, 6) is 0.391. The molecule has 0 radical (unpaired) electrons. The van der Waals surface area contributed by atoms with Crippen molar-refractivity contribution in [2.45, 2.75) is 19.5 Å². The Labute approximate surface area is 178 Å². The van der Waals surface area contributed by atoms with Gasteiger partial charge in [0, 0.05) is 30.8 Å². The highest BCUT2D eigenvalue weighted by Crippen LogP contribution is 2.32. The van der Waals surface area contributed by atoms with Crippen molar-refractivity contribution in [2.75, 3.05) is 27.3 Å². The third-order valence-electron chi connectivity index (χ3n) is 4.18. The summed E-state index contributed by atoms with van der Waals surface area (Å²) in [5.41, 5.74) is 6.06. The molecule has 10 nitrogen and oxygen atoms in total. The van der Waals surface area contributed by atoms with Gasteiger partial charge in [0.25, 0.3) is 5.56 Å². The molecule has 0 spiro atoms. The first kappa shape index (κ1) is 23.1. The monoisotopic (exact) mass is 435 g/mol. The average molecular weight is 436 g/mol. The minimum Gasteiger partial charge on any atom is -0.497 e. The first-order valence-corrected chi connectivity index (χ1v) is 9.54. The second-order valence-electron chi connectivity index (χ2n) is 6.41. The molecule has 2 aromatic rings. The molecule has 1 aromatic carbocycles. The van der Waals surface area contributed by atoms with Crippen LogP contribution in [0.5, 0.6) is 11.5 Å². The summed E-state index contributed by atoms with van der Waals surface area (Å²) in [5, 5.41) is 5.29. The number of H-pyrrole nitrogens is 1. The second-order valence-corrected chi connectivity index (χ2v) is 6.79. The number of carbonyl (C=O) groups excluding carboxylic acids is 2. The molecule has 5 N–H and O–H groups in total. The van der Waals surface area contributed by atoms with E-state index in [4.69, 9.17) is 27.4 Å². The van der Waals surface area contributed by atoms with Crippen LogP contribution in [-0.2, 0) is 16.1 Å². The molecule has 1 unspecified atom stereocenters. The molecule has 0 aliphatic carbocycles. The summed E-state index contributed by atoms with van der Waals surface area (Å²) in [6.45, 7) is 1.89. The molecule has 1 aromatic heterocycles. The van der Waals surface area contributed by atoms with Gasteiger partial charge in [0.15, 0.2) is 4.77 Å². The van der Waals surface area contributed by atoms with Crippen LogP contribution in [-0.4, -0.2) is 54.7 Å². The number of benzene rings is 1. The number of carbonyl (C=O) groups is 2. The van der Waals surface area contributed by atoms with Crippen LogP contribution >= 0.6 is 12.2 Å². The van der Waals surface area contributed by atoms with E-state index in [1.807, 2.05) is 0 Å². The van der Waals surface area contributed by atoms with Crippen LogP contribution < -0.4 is 31.4 Å². The van der Waals surface area contributed by atoms with Gasteiger partial charge in [-0.3, -0.25) is 19.4 Å². The molecule has 162 valence electrons. The van der Waals surface area contributed by atoms with Crippen LogP contribution in [0.1, 0.15) is 6.92 Å². The Kier molecular flexibility index (Phi) is 8.13. The lowest BCUT2D eigenvalue weighted by Gasteiger charge is -2.16. The van der Waals surface area contributed by atoms with Gasteiger partial charge in [0.1, 0.15) is 18.0 Å². The zero-order valence-electron chi connectivity index (χ0n) is 17.0. The number of ether oxygens (including phenoxy) is 2. The molecule has 0 saturated heterocycles. The lowest BCUT2D eigenvalue weighted by atomic mass is 10.1. The maximum atomic E-state index is 12.4. The first-order valence-electron chi connectivity index (χ1n) is 9.13. The lowest BCUT2D eigenvalue weighted by Crippen LogP contribution is -2.42. The quantitative estimate of drug-likeness (QED) is 0.325. The zero-order valence-corrected chi connectivity index (χ0v) is 17.8. The topological polar surface area (TPSA) is 140 Å².